The number of nitrogens with two attached hydrogens (primary N) is 1. The van der Waals surface area contributed by atoms with Gasteiger partial charge in [-0.3, -0.25) is 0 Å². The minimum Gasteiger partial charge on any atom is -0.491 e. The van der Waals surface area contributed by atoms with E-state index >= 15 is 0 Å². The third-order valence-electron chi connectivity index (χ3n) is 2.72. The van der Waals surface area contributed by atoms with Gasteiger partial charge in [-0.2, -0.15) is 13.2 Å². The largest absolute Gasteiger partial charge is 0.491 e. The maximum atomic E-state index is 13.0. The summed E-state index contributed by atoms with van der Waals surface area (Å²) in [4.78, 5) is 0. The van der Waals surface area contributed by atoms with Crippen molar-refractivity contribution in [3.05, 3.63) is 29.3 Å². The standard InChI is InChI=1S/C15H22F3NO2/c1-11(2)10-20-7-8-21-14-4-3-12(5-6-19)9-13(14)15(16,17)18/h3-4,9,11H,5-8,10,19H2,1-2H3. The second-order valence-electron chi connectivity index (χ2n) is 5.18. The summed E-state index contributed by atoms with van der Waals surface area (Å²) in [5, 5.41) is 0. The van der Waals surface area contributed by atoms with Gasteiger partial charge in [0.1, 0.15) is 12.4 Å². The van der Waals surface area contributed by atoms with Crippen LogP contribution in [0.3, 0.4) is 0 Å². The molecule has 0 aromatic heterocycles. The molecule has 0 amide bonds. The number of rotatable bonds is 8. The van der Waals surface area contributed by atoms with Crippen molar-refractivity contribution in [1.82, 2.24) is 0 Å². The van der Waals surface area contributed by atoms with Crippen LogP contribution in [0.5, 0.6) is 5.75 Å². The van der Waals surface area contributed by atoms with E-state index in [0.717, 1.165) is 6.07 Å². The maximum Gasteiger partial charge on any atom is 0.419 e. The molecule has 0 saturated heterocycles. The Morgan fingerprint density at radius 2 is 1.90 bits per heavy atom. The maximum absolute atomic E-state index is 13.0. The smallest absolute Gasteiger partial charge is 0.419 e. The second kappa shape index (κ2) is 8.24. The summed E-state index contributed by atoms with van der Waals surface area (Å²) in [7, 11) is 0. The van der Waals surface area contributed by atoms with Gasteiger partial charge in [0.2, 0.25) is 0 Å². The normalized spacial score (nSPS) is 12.0. The fourth-order valence-corrected chi connectivity index (χ4v) is 1.78. The van der Waals surface area contributed by atoms with Gasteiger partial charge in [-0.05, 0) is 36.6 Å². The third kappa shape index (κ3) is 6.35. The van der Waals surface area contributed by atoms with Gasteiger partial charge in [0.05, 0.1) is 12.2 Å². The van der Waals surface area contributed by atoms with E-state index in [-0.39, 0.29) is 19.0 Å². The summed E-state index contributed by atoms with van der Waals surface area (Å²) < 4.78 is 49.5. The van der Waals surface area contributed by atoms with Crippen molar-refractivity contribution in [1.29, 1.82) is 0 Å². The lowest BCUT2D eigenvalue weighted by Gasteiger charge is -2.15. The van der Waals surface area contributed by atoms with Crippen molar-refractivity contribution in [3.8, 4) is 5.75 Å². The van der Waals surface area contributed by atoms with Crippen molar-refractivity contribution in [2.75, 3.05) is 26.4 Å². The van der Waals surface area contributed by atoms with Crippen LogP contribution in [0.25, 0.3) is 0 Å². The predicted octanol–water partition coefficient (Wildman–Crippen LogP) is 3.26. The van der Waals surface area contributed by atoms with Gasteiger partial charge in [-0.1, -0.05) is 19.9 Å². The van der Waals surface area contributed by atoms with Crippen molar-refractivity contribution < 1.29 is 22.6 Å². The van der Waals surface area contributed by atoms with Crippen LogP contribution in [0.4, 0.5) is 13.2 Å². The van der Waals surface area contributed by atoms with Crippen molar-refractivity contribution >= 4 is 0 Å². The first-order chi connectivity index (χ1) is 9.84. The SMILES string of the molecule is CC(C)COCCOc1ccc(CCN)cc1C(F)(F)F. The van der Waals surface area contributed by atoms with Gasteiger partial charge >= 0.3 is 6.18 Å². The molecule has 2 N–H and O–H groups in total. The highest BCUT2D eigenvalue weighted by Gasteiger charge is 2.34. The van der Waals surface area contributed by atoms with Crippen molar-refractivity contribution in [2.45, 2.75) is 26.4 Å². The Morgan fingerprint density at radius 3 is 2.48 bits per heavy atom. The molecule has 0 spiro atoms. The van der Waals surface area contributed by atoms with Gasteiger partial charge in [-0.25, -0.2) is 0 Å². The van der Waals surface area contributed by atoms with Crippen molar-refractivity contribution in [3.63, 3.8) is 0 Å². The molecule has 0 fully saturated rings. The van der Waals surface area contributed by atoms with Crippen LogP contribution in [-0.4, -0.2) is 26.4 Å². The van der Waals surface area contributed by atoms with Crippen LogP contribution in [0.2, 0.25) is 0 Å². The molecule has 1 rings (SSSR count). The van der Waals surface area contributed by atoms with E-state index in [4.69, 9.17) is 15.2 Å². The zero-order valence-electron chi connectivity index (χ0n) is 12.4. The number of halogens is 3. The summed E-state index contributed by atoms with van der Waals surface area (Å²) in [5.74, 6) is 0.211. The van der Waals surface area contributed by atoms with E-state index in [1.54, 1.807) is 6.07 Å². The quantitative estimate of drug-likeness (QED) is 0.750. The molecule has 6 heteroatoms. The van der Waals surface area contributed by atoms with Gasteiger partial charge in [0.25, 0.3) is 0 Å². The third-order valence-corrected chi connectivity index (χ3v) is 2.72. The summed E-state index contributed by atoms with van der Waals surface area (Å²) in [6.45, 7) is 5.22. The fraction of sp³-hybridized carbons (Fsp3) is 0.600. The van der Waals surface area contributed by atoms with Crippen LogP contribution >= 0.6 is 0 Å². The molecule has 1 aromatic carbocycles. The van der Waals surface area contributed by atoms with Crippen LogP contribution in [0.15, 0.2) is 18.2 Å². The molecule has 0 aliphatic rings. The highest BCUT2D eigenvalue weighted by atomic mass is 19.4. The Hall–Kier alpha value is -1.27. The molecule has 0 aliphatic heterocycles. The molecule has 120 valence electrons. The molecule has 21 heavy (non-hydrogen) atoms. The fourth-order valence-electron chi connectivity index (χ4n) is 1.78. The first-order valence-electron chi connectivity index (χ1n) is 6.95. The molecule has 0 aliphatic carbocycles. The number of hydrogen-bond donors (Lipinski definition) is 1. The second-order valence-corrected chi connectivity index (χ2v) is 5.18. The Balaban J connectivity index is 2.68. The Labute approximate surface area is 123 Å². The van der Waals surface area contributed by atoms with E-state index in [1.165, 1.54) is 6.07 Å². The molecule has 0 atom stereocenters. The van der Waals surface area contributed by atoms with Crippen LogP contribution < -0.4 is 10.5 Å². The van der Waals surface area contributed by atoms with Crippen LogP contribution in [0, 0.1) is 5.92 Å². The summed E-state index contributed by atoms with van der Waals surface area (Å²) in [6.07, 6.45) is -4.04. The number of ether oxygens (including phenoxy) is 2. The monoisotopic (exact) mass is 305 g/mol. The van der Waals surface area contributed by atoms with Gasteiger partial charge < -0.3 is 15.2 Å². The highest BCUT2D eigenvalue weighted by Crippen LogP contribution is 2.36. The van der Waals surface area contributed by atoms with Gasteiger partial charge in [-0.15, -0.1) is 0 Å². The Kier molecular flexibility index (Phi) is 6.98. The Bertz CT molecular complexity index is 433. The molecule has 1 aromatic rings. The van der Waals surface area contributed by atoms with Crippen LogP contribution in [-0.2, 0) is 17.3 Å². The summed E-state index contributed by atoms with van der Waals surface area (Å²) in [6, 6.07) is 4.04. The zero-order chi connectivity index (χ0) is 15.9. The minimum atomic E-state index is -4.45. The molecular weight excluding hydrogens is 283 g/mol. The zero-order valence-corrected chi connectivity index (χ0v) is 12.4. The molecular formula is C15H22F3NO2. The number of alkyl halides is 3. The minimum absolute atomic E-state index is 0.0893. The van der Waals surface area contributed by atoms with E-state index in [2.05, 4.69) is 0 Å². The lowest BCUT2D eigenvalue weighted by atomic mass is 10.1. The first kappa shape index (κ1) is 17.8. The molecule has 0 unspecified atom stereocenters. The molecule has 0 saturated carbocycles. The van der Waals surface area contributed by atoms with Crippen LogP contribution in [0.1, 0.15) is 25.0 Å². The summed E-state index contributed by atoms with van der Waals surface area (Å²) in [5.41, 5.74) is 5.15. The Morgan fingerprint density at radius 1 is 1.19 bits per heavy atom. The number of benzene rings is 1. The van der Waals surface area contributed by atoms with E-state index in [0.29, 0.717) is 31.1 Å². The first-order valence-corrected chi connectivity index (χ1v) is 6.95. The van der Waals surface area contributed by atoms with E-state index < -0.39 is 11.7 Å². The highest BCUT2D eigenvalue weighted by molar-refractivity contribution is 5.39. The number of hydrogen-bond acceptors (Lipinski definition) is 3. The molecule has 0 heterocycles. The van der Waals surface area contributed by atoms with Gasteiger partial charge in [0, 0.05) is 6.61 Å². The summed E-state index contributed by atoms with van der Waals surface area (Å²) >= 11 is 0. The molecule has 0 radical (unpaired) electrons. The van der Waals surface area contributed by atoms with E-state index in [9.17, 15) is 13.2 Å². The van der Waals surface area contributed by atoms with Gasteiger partial charge in [0.15, 0.2) is 0 Å². The lowest BCUT2D eigenvalue weighted by Crippen LogP contribution is -2.14. The lowest BCUT2D eigenvalue weighted by molar-refractivity contribution is -0.139. The predicted molar refractivity (Wildman–Crippen MR) is 75.4 cm³/mol. The average Bonchev–Trinajstić information content (AvgIpc) is 2.38. The molecule has 0 bridgehead atoms. The average molecular weight is 305 g/mol. The van der Waals surface area contributed by atoms with Crippen molar-refractivity contribution in [2.24, 2.45) is 11.7 Å². The molecule has 3 nitrogen and oxygen atoms in total. The van der Waals surface area contributed by atoms with E-state index in [1.807, 2.05) is 13.8 Å². The topological polar surface area (TPSA) is 44.5 Å².